The van der Waals surface area contributed by atoms with Gasteiger partial charge in [-0.3, -0.25) is 5.73 Å². The van der Waals surface area contributed by atoms with Crippen LogP contribution in [0.3, 0.4) is 0 Å². The van der Waals surface area contributed by atoms with E-state index < -0.39 is 36.0 Å². The third kappa shape index (κ3) is 4.69. The molecule has 0 amide bonds. The zero-order valence-electron chi connectivity index (χ0n) is 23.2. The number of alkyl halides is 3. The topological polar surface area (TPSA) is 127 Å². The molecule has 0 radical (unpaired) electrons. The van der Waals surface area contributed by atoms with Crippen LogP contribution in [0.1, 0.15) is 56.1 Å². The van der Waals surface area contributed by atoms with Crippen LogP contribution in [0.4, 0.5) is 29.1 Å². The molecule has 3 aliphatic rings. The lowest BCUT2D eigenvalue weighted by atomic mass is 10.00. The Kier molecular flexibility index (Phi) is 6.41. The van der Waals surface area contributed by atoms with Crippen LogP contribution in [-0.4, -0.2) is 53.7 Å². The van der Waals surface area contributed by atoms with Gasteiger partial charge >= 0.3 is 6.18 Å². The van der Waals surface area contributed by atoms with Crippen molar-refractivity contribution < 1.29 is 17.6 Å². The van der Waals surface area contributed by atoms with E-state index in [2.05, 4.69) is 20.4 Å². The summed E-state index contributed by atoms with van der Waals surface area (Å²) in [7, 11) is 0. The molecule has 2 aliphatic carbocycles. The number of pyridine rings is 2. The number of fused-ring (bicyclic) bond motifs is 1. The van der Waals surface area contributed by atoms with Crippen LogP contribution >= 0.6 is 0 Å². The Labute approximate surface area is 244 Å². The molecule has 0 bridgehead atoms. The van der Waals surface area contributed by atoms with Gasteiger partial charge in [0, 0.05) is 17.8 Å². The number of nitrogens with one attached hydrogen (secondary N) is 1. The number of aromatic nitrogens is 5. The number of hydrogen-bond acceptors (Lipinski definition) is 9. The van der Waals surface area contributed by atoms with E-state index in [1.54, 1.807) is 28.0 Å². The first-order valence-electron chi connectivity index (χ1n) is 14.1. The largest absolute Gasteiger partial charge is 0.406 e. The molecule has 1 aliphatic heterocycles. The van der Waals surface area contributed by atoms with Gasteiger partial charge in [-0.05, 0) is 68.5 Å². The smallest absolute Gasteiger partial charge is 0.365 e. The summed E-state index contributed by atoms with van der Waals surface area (Å²) < 4.78 is 60.0. The number of rotatable bonds is 7. The van der Waals surface area contributed by atoms with Crippen LogP contribution in [0, 0.1) is 5.82 Å². The molecular formula is C29H30F4N10. The number of benzene rings is 1. The van der Waals surface area contributed by atoms with Crippen LogP contribution in [0.5, 0.6) is 0 Å². The maximum absolute atomic E-state index is 14.9. The van der Waals surface area contributed by atoms with Gasteiger partial charge < -0.3 is 16.0 Å². The van der Waals surface area contributed by atoms with Gasteiger partial charge in [-0.1, -0.05) is 12.1 Å². The van der Waals surface area contributed by atoms with Crippen LogP contribution in [0.15, 0.2) is 61.3 Å². The number of anilines is 2. The number of halogens is 4. The lowest BCUT2D eigenvalue weighted by molar-refractivity contribution is -0.212. The van der Waals surface area contributed by atoms with E-state index in [1.807, 2.05) is 31.2 Å². The molecule has 3 unspecified atom stereocenters. The number of hydrogen-bond donors (Lipinski definition) is 3. The Hall–Kier alpha value is -4.14. The Morgan fingerprint density at radius 3 is 2.42 bits per heavy atom. The summed E-state index contributed by atoms with van der Waals surface area (Å²) in [5.74, 6) is -0.371. The van der Waals surface area contributed by atoms with E-state index >= 15 is 0 Å². The first-order chi connectivity index (χ1) is 20.6. The molecule has 2 fully saturated rings. The normalized spacial score (nSPS) is 22.3. The molecule has 1 aromatic carbocycles. The summed E-state index contributed by atoms with van der Waals surface area (Å²) in [5.41, 5.74) is 14.1. The second-order valence-corrected chi connectivity index (χ2v) is 11.4. The van der Waals surface area contributed by atoms with Crippen LogP contribution in [-0.2, 0) is 0 Å². The highest BCUT2D eigenvalue weighted by atomic mass is 19.4. The molecule has 224 valence electrons. The summed E-state index contributed by atoms with van der Waals surface area (Å²) in [6.45, 7) is 1.87. The van der Waals surface area contributed by atoms with Gasteiger partial charge in [-0.2, -0.15) is 18.3 Å². The van der Waals surface area contributed by atoms with Gasteiger partial charge in [0.05, 0.1) is 28.8 Å². The molecule has 10 nitrogen and oxygen atoms in total. The summed E-state index contributed by atoms with van der Waals surface area (Å²) in [4.78, 5) is 15.8. The molecule has 4 heterocycles. The third-order valence-electron chi connectivity index (χ3n) is 8.61. The van der Waals surface area contributed by atoms with Crippen molar-refractivity contribution in [2.24, 2.45) is 11.5 Å². The average molecular weight is 595 g/mol. The van der Waals surface area contributed by atoms with E-state index in [1.165, 1.54) is 18.6 Å². The van der Waals surface area contributed by atoms with Crippen molar-refractivity contribution >= 4 is 11.5 Å². The molecule has 3 aromatic heterocycles. The lowest BCUT2D eigenvalue weighted by Crippen LogP contribution is -2.67. The first kappa shape index (κ1) is 27.7. The molecule has 7 rings (SSSR count). The maximum atomic E-state index is 14.9. The van der Waals surface area contributed by atoms with Gasteiger partial charge in [-0.25, -0.2) is 28.9 Å². The standard InChI is InChI=1S/C29H30F4N10/c1-16(17-2-6-20(7-3-17)41-15-36-14-38-41)42-23-9-8-22(18-12-21(30)26(37-13-18)39-19-4-5-19)40-24(23)25(34)43(27(42)35)28(10-11-28)29(31,32)33/h2-3,6-9,12-16,19,25,27H,4-5,10-11,34-35H2,1H3,(H,37,39). The maximum Gasteiger partial charge on any atom is 0.406 e. The highest BCUT2D eigenvalue weighted by Gasteiger charge is 2.70. The zero-order chi connectivity index (χ0) is 30.1. The number of nitrogens with zero attached hydrogens (tertiary/aromatic N) is 7. The summed E-state index contributed by atoms with van der Waals surface area (Å²) in [5, 5.41) is 7.18. The fraction of sp³-hybridized carbons (Fsp3) is 0.379. The van der Waals surface area contributed by atoms with E-state index in [9.17, 15) is 17.6 Å². The second-order valence-electron chi connectivity index (χ2n) is 11.4. The Morgan fingerprint density at radius 2 is 1.81 bits per heavy atom. The molecule has 5 N–H and O–H groups in total. The van der Waals surface area contributed by atoms with Gasteiger partial charge in [0.2, 0.25) is 0 Å². The van der Waals surface area contributed by atoms with Crippen molar-refractivity contribution in [2.75, 3.05) is 10.2 Å². The molecule has 43 heavy (non-hydrogen) atoms. The Morgan fingerprint density at radius 1 is 1.07 bits per heavy atom. The predicted octanol–water partition coefficient (Wildman–Crippen LogP) is 4.62. The highest BCUT2D eigenvalue weighted by Crippen LogP contribution is 2.58. The van der Waals surface area contributed by atoms with Crippen molar-refractivity contribution in [3.63, 3.8) is 0 Å². The van der Waals surface area contributed by atoms with Gasteiger partial charge in [-0.15, -0.1) is 0 Å². The van der Waals surface area contributed by atoms with Crippen LogP contribution < -0.4 is 21.7 Å². The molecule has 4 aromatic rings. The predicted molar refractivity (Wildman–Crippen MR) is 151 cm³/mol. The van der Waals surface area contributed by atoms with Crippen LogP contribution in [0.25, 0.3) is 16.9 Å². The van der Waals surface area contributed by atoms with Gasteiger partial charge in [0.25, 0.3) is 0 Å². The molecule has 2 saturated carbocycles. The Bertz CT molecular complexity index is 1630. The fourth-order valence-electron chi connectivity index (χ4n) is 5.91. The minimum atomic E-state index is -4.55. The minimum absolute atomic E-state index is 0.119. The van der Waals surface area contributed by atoms with Gasteiger partial charge in [0.1, 0.15) is 30.6 Å². The summed E-state index contributed by atoms with van der Waals surface area (Å²) >= 11 is 0. The molecular weight excluding hydrogens is 564 g/mol. The zero-order valence-corrected chi connectivity index (χ0v) is 23.2. The highest BCUT2D eigenvalue weighted by molar-refractivity contribution is 5.66. The molecule has 0 spiro atoms. The average Bonchev–Trinajstić information content (AvgIpc) is 3.92. The fourth-order valence-corrected chi connectivity index (χ4v) is 5.91. The minimum Gasteiger partial charge on any atom is -0.365 e. The molecule has 0 saturated heterocycles. The van der Waals surface area contributed by atoms with Crippen molar-refractivity contribution in [1.82, 2.24) is 29.6 Å². The SMILES string of the molecule is CC(c1ccc(-n2cncn2)cc1)N1c2ccc(-c3cnc(NC4CC4)c(F)c3)nc2C(N)N(C2(C(F)(F)F)CC2)C1N. The van der Waals surface area contributed by atoms with E-state index in [0.29, 0.717) is 16.9 Å². The Balaban J connectivity index is 1.28. The van der Waals surface area contributed by atoms with E-state index in [-0.39, 0.29) is 30.4 Å². The quantitative estimate of drug-likeness (QED) is 0.263. The van der Waals surface area contributed by atoms with Crippen LogP contribution in [0.2, 0.25) is 0 Å². The number of nitrogens with two attached hydrogens (primary N) is 2. The lowest BCUT2D eigenvalue weighted by Gasteiger charge is -2.52. The van der Waals surface area contributed by atoms with E-state index in [4.69, 9.17) is 16.5 Å². The first-order valence-corrected chi connectivity index (χ1v) is 14.1. The van der Waals surface area contributed by atoms with Crippen molar-refractivity contribution in [3.8, 4) is 16.9 Å². The third-order valence-corrected chi connectivity index (χ3v) is 8.61. The summed E-state index contributed by atoms with van der Waals surface area (Å²) in [6, 6.07) is 11.9. The van der Waals surface area contributed by atoms with Crippen molar-refractivity contribution in [3.05, 3.63) is 78.4 Å². The monoisotopic (exact) mass is 594 g/mol. The van der Waals surface area contributed by atoms with Crippen molar-refractivity contribution in [1.29, 1.82) is 0 Å². The molecule has 14 heteroatoms. The molecule has 3 atom stereocenters. The van der Waals surface area contributed by atoms with Gasteiger partial charge in [0.15, 0.2) is 11.6 Å². The van der Waals surface area contributed by atoms with Crippen molar-refractivity contribution in [2.45, 2.75) is 68.9 Å². The second kappa shape index (κ2) is 9.96. The van der Waals surface area contributed by atoms with E-state index in [0.717, 1.165) is 29.0 Å². The summed E-state index contributed by atoms with van der Waals surface area (Å²) in [6.07, 6.45) is -0.813.